The first-order chi connectivity index (χ1) is 7.65. The van der Waals surface area contributed by atoms with Gasteiger partial charge in [-0.3, -0.25) is 10.1 Å². The summed E-state index contributed by atoms with van der Waals surface area (Å²) < 4.78 is 0.795. The predicted molar refractivity (Wildman–Crippen MR) is 67.5 cm³/mol. The molecule has 1 rings (SSSR count). The number of nitro groups is 1. The van der Waals surface area contributed by atoms with Crippen molar-refractivity contribution < 1.29 is 4.92 Å². The van der Waals surface area contributed by atoms with E-state index < -0.39 is 4.92 Å². The lowest BCUT2D eigenvalue weighted by atomic mass is 10.2. The molecule has 0 spiro atoms. The number of rotatable bonds is 5. The van der Waals surface area contributed by atoms with Gasteiger partial charge in [0, 0.05) is 23.6 Å². The second kappa shape index (κ2) is 6.24. The molecule has 0 heterocycles. The first-order valence-electron chi connectivity index (χ1n) is 4.68. The van der Waals surface area contributed by atoms with Crippen LogP contribution in [0.1, 0.15) is 0 Å². The van der Waals surface area contributed by atoms with Gasteiger partial charge in [0.15, 0.2) is 0 Å². The fourth-order valence-electron chi connectivity index (χ4n) is 1.16. The molecule has 1 aromatic rings. The van der Waals surface area contributed by atoms with Crippen LogP contribution < -0.4 is 11.1 Å². The summed E-state index contributed by atoms with van der Waals surface area (Å²) in [6.45, 7) is 0.969. The molecule has 0 atom stereocenters. The summed E-state index contributed by atoms with van der Waals surface area (Å²) in [5.74, 6) is 0. The monoisotopic (exact) mass is 285 g/mol. The summed E-state index contributed by atoms with van der Waals surface area (Å²) in [5.41, 5.74) is 5.83. The zero-order chi connectivity index (χ0) is 12.0. The minimum absolute atomic E-state index is 0.0596. The van der Waals surface area contributed by atoms with E-state index in [9.17, 15) is 10.1 Å². The molecule has 6 heteroatoms. The average molecular weight is 286 g/mol. The van der Waals surface area contributed by atoms with Gasteiger partial charge in [-0.25, -0.2) is 0 Å². The smallest absolute Gasteiger partial charge is 0.292 e. The van der Waals surface area contributed by atoms with Gasteiger partial charge in [-0.15, -0.1) is 0 Å². The molecule has 0 aliphatic heterocycles. The quantitative estimate of drug-likeness (QED) is 0.494. The highest BCUT2D eigenvalue weighted by atomic mass is 79.9. The maximum absolute atomic E-state index is 10.7. The maximum atomic E-state index is 10.7. The van der Waals surface area contributed by atoms with E-state index in [1.165, 1.54) is 6.07 Å². The van der Waals surface area contributed by atoms with Crippen LogP contribution in [0.2, 0.25) is 0 Å². The largest absolute Gasteiger partial charge is 0.376 e. The van der Waals surface area contributed by atoms with E-state index in [0.29, 0.717) is 18.8 Å². The molecule has 0 bridgehead atoms. The van der Waals surface area contributed by atoms with Crippen molar-refractivity contribution in [2.75, 3.05) is 18.4 Å². The lowest BCUT2D eigenvalue weighted by Gasteiger charge is -2.04. The predicted octanol–water partition coefficient (Wildman–Crippen LogP) is 2.28. The van der Waals surface area contributed by atoms with Crippen molar-refractivity contribution in [3.63, 3.8) is 0 Å². The van der Waals surface area contributed by atoms with E-state index in [1.807, 2.05) is 6.08 Å². The molecule has 16 heavy (non-hydrogen) atoms. The second-order valence-corrected chi connectivity index (χ2v) is 3.92. The highest BCUT2D eigenvalue weighted by Crippen LogP contribution is 2.27. The Labute approximate surface area is 102 Å². The Morgan fingerprint density at radius 1 is 1.50 bits per heavy atom. The van der Waals surface area contributed by atoms with Crippen LogP contribution in [-0.2, 0) is 0 Å². The molecule has 0 aliphatic carbocycles. The van der Waals surface area contributed by atoms with Gasteiger partial charge in [-0.1, -0.05) is 28.1 Å². The summed E-state index contributed by atoms with van der Waals surface area (Å²) in [6, 6.07) is 4.77. The van der Waals surface area contributed by atoms with Gasteiger partial charge < -0.3 is 11.1 Å². The zero-order valence-corrected chi connectivity index (χ0v) is 10.1. The Kier molecular flexibility index (Phi) is 4.94. The maximum Gasteiger partial charge on any atom is 0.292 e. The van der Waals surface area contributed by atoms with Gasteiger partial charge in [-0.2, -0.15) is 0 Å². The van der Waals surface area contributed by atoms with Crippen LogP contribution >= 0.6 is 15.9 Å². The van der Waals surface area contributed by atoms with Crippen LogP contribution in [0.25, 0.3) is 0 Å². The molecular formula is C10H12BrN3O2. The summed E-state index contributed by atoms with van der Waals surface area (Å²) >= 11 is 3.27. The number of anilines is 1. The van der Waals surface area contributed by atoms with E-state index in [1.54, 1.807) is 18.2 Å². The Morgan fingerprint density at radius 3 is 2.88 bits per heavy atom. The normalized spacial score (nSPS) is 10.6. The molecule has 0 fully saturated rings. The highest BCUT2D eigenvalue weighted by Gasteiger charge is 2.12. The molecule has 0 saturated heterocycles. The van der Waals surface area contributed by atoms with Crippen LogP contribution in [0.5, 0.6) is 0 Å². The molecule has 0 saturated carbocycles. The number of hydrogen-bond donors (Lipinski definition) is 2. The first-order valence-corrected chi connectivity index (χ1v) is 5.47. The minimum Gasteiger partial charge on any atom is -0.376 e. The number of nitrogens with two attached hydrogens (primary N) is 1. The SMILES string of the molecule is NC/C=C/CNc1cc(Br)ccc1[N+](=O)[O-]. The van der Waals surface area contributed by atoms with E-state index in [0.717, 1.165) is 4.47 Å². The van der Waals surface area contributed by atoms with Crippen LogP contribution in [0.15, 0.2) is 34.8 Å². The van der Waals surface area contributed by atoms with Crippen molar-refractivity contribution in [1.29, 1.82) is 0 Å². The van der Waals surface area contributed by atoms with Gasteiger partial charge in [-0.05, 0) is 12.1 Å². The number of halogens is 1. The van der Waals surface area contributed by atoms with Gasteiger partial charge in [0.1, 0.15) is 5.69 Å². The third kappa shape index (κ3) is 3.63. The van der Waals surface area contributed by atoms with Crippen LogP contribution in [0.4, 0.5) is 11.4 Å². The first kappa shape index (κ1) is 12.7. The number of nitro benzene ring substituents is 1. The molecule has 0 unspecified atom stereocenters. The van der Waals surface area contributed by atoms with E-state index in [4.69, 9.17) is 5.73 Å². The van der Waals surface area contributed by atoms with Crippen molar-refractivity contribution in [3.8, 4) is 0 Å². The van der Waals surface area contributed by atoms with Crippen molar-refractivity contribution in [3.05, 3.63) is 44.9 Å². The highest BCUT2D eigenvalue weighted by molar-refractivity contribution is 9.10. The lowest BCUT2D eigenvalue weighted by molar-refractivity contribution is -0.384. The summed E-state index contributed by atoms with van der Waals surface area (Å²) in [6.07, 6.45) is 3.61. The average Bonchev–Trinajstić information content (AvgIpc) is 2.24. The molecule has 0 amide bonds. The fourth-order valence-corrected chi connectivity index (χ4v) is 1.52. The molecule has 3 N–H and O–H groups in total. The zero-order valence-electron chi connectivity index (χ0n) is 8.52. The third-order valence-electron chi connectivity index (χ3n) is 1.87. The summed E-state index contributed by atoms with van der Waals surface area (Å²) in [4.78, 5) is 10.3. The molecule has 0 aromatic heterocycles. The third-order valence-corrected chi connectivity index (χ3v) is 2.36. The van der Waals surface area contributed by atoms with Gasteiger partial charge in [0.25, 0.3) is 5.69 Å². The van der Waals surface area contributed by atoms with Crippen LogP contribution in [-0.4, -0.2) is 18.0 Å². The standard InChI is InChI=1S/C10H12BrN3O2/c11-8-3-4-10(14(15)16)9(7-8)13-6-2-1-5-12/h1-4,7,13H,5-6,12H2/b2-1+. The van der Waals surface area contributed by atoms with Crippen molar-refractivity contribution in [2.24, 2.45) is 5.73 Å². The molecule has 0 radical (unpaired) electrons. The van der Waals surface area contributed by atoms with E-state index >= 15 is 0 Å². The van der Waals surface area contributed by atoms with Crippen molar-refractivity contribution in [2.45, 2.75) is 0 Å². The van der Waals surface area contributed by atoms with Gasteiger partial charge in [0.05, 0.1) is 4.92 Å². The second-order valence-electron chi connectivity index (χ2n) is 3.01. The number of nitrogens with zero attached hydrogens (tertiary/aromatic N) is 1. The van der Waals surface area contributed by atoms with Crippen LogP contribution in [0.3, 0.4) is 0 Å². The van der Waals surface area contributed by atoms with Crippen LogP contribution in [0, 0.1) is 10.1 Å². The number of hydrogen-bond acceptors (Lipinski definition) is 4. The lowest BCUT2D eigenvalue weighted by Crippen LogP contribution is -2.03. The van der Waals surface area contributed by atoms with Crippen molar-refractivity contribution in [1.82, 2.24) is 0 Å². The minimum atomic E-state index is -0.415. The molecule has 1 aromatic carbocycles. The Hall–Kier alpha value is -1.40. The summed E-state index contributed by atoms with van der Waals surface area (Å²) in [7, 11) is 0. The van der Waals surface area contributed by atoms with Crippen molar-refractivity contribution >= 4 is 27.3 Å². The Bertz CT molecular complexity index is 407. The Balaban J connectivity index is 2.80. The van der Waals surface area contributed by atoms with E-state index in [2.05, 4.69) is 21.2 Å². The molecule has 0 aliphatic rings. The number of nitrogens with one attached hydrogen (secondary N) is 1. The van der Waals surface area contributed by atoms with Gasteiger partial charge in [0.2, 0.25) is 0 Å². The molecule has 86 valence electrons. The number of benzene rings is 1. The topological polar surface area (TPSA) is 81.2 Å². The summed E-state index contributed by atoms with van der Waals surface area (Å²) in [5, 5.41) is 13.7. The van der Waals surface area contributed by atoms with E-state index in [-0.39, 0.29) is 5.69 Å². The Morgan fingerprint density at radius 2 is 2.25 bits per heavy atom. The molecular weight excluding hydrogens is 274 g/mol. The van der Waals surface area contributed by atoms with Gasteiger partial charge >= 0.3 is 0 Å². The molecule has 5 nitrogen and oxygen atoms in total. The fraction of sp³-hybridized carbons (Fsp3) is 0.200.